The van der Waals surface area contributed by atoms with Crippen molar-refractivity contribution in [3.63, 3.8) is 0 Å². The van der Waals surface area contributed by atoms with E-state index in [-0.39, 0.29) is 18.9 Å². The molecule has 31 heavy (non-hydrogen) atoms. The van der Waals surface area contributed by atoms with E-state index in [1.807, 2.05) is 30.3 Å². The molecule has 0 saturated heterocycles. The predicted octanol–water partition coefficient (Wildman–Crippen LogP) is 2.33. The van der Waals surface area contributed by atoms with Crippen LogP contribution in [-0.4, -0.2) is 52.9 Å². The molecular formula is C21H31N3O7. The fraction of sp³-hybridized carbons (Fsp3) is 0.524. The molecule has 1 rings (SSSR count). The van der Waals surface area contributed by atoms with E-state index in [2.05, 4.69) is 16.0 Å². The first-order chi connectivity index (χ1) is 14.7. The Hall–Kier alpha value is -3.30. The van der Waals surface area contributed by atoms with Crippen LogP contribution < -0.4 is 16.0 Å². The second-order valence-corrected chi connectivity index (χ2v) is 7.19. The lowest BCUT2D eigenvalue weighted by Crippen LogP contribution is -2.53. The van der Waals surface area contributed by atoms with Gasteiger partial charge in [0.05, 0.1) is 0 Å². The van der Waals surface area contributed by atoms with E-state index in [9.17, 15) is 29.4 Å². The highest BCUT2D eigenvalue weighted by atomic mass is 16.5. The van der Waals surface area contributed by atoms with Gasteiger partial charge < -0.3 is 30.9 Å². The number of ether oxygens (including phenoxy) is 1. The van der Waals surface area contributed by atoms with Gasteiger partial charge in [0.25, 0.3) is 0 Å². The highest BCUT2D eigenvalue weighted by molar-refractivity contribution is 5.86. The highest BCUT2D eigenvalue weighted by Gasteiger charge is 2.27. The normalized spacial score (nSPS) is 13.4. The van der Waals surface area contributed by atoms with Crippen molar-refractivity contribution >= 4 is 24.1 Å². The fourth-order valence-corrected chi connectivity index (χ4v) is 2.72. The van der Waals surface area contributed by atoms with Crippen molar-refractivity contribution in [3.05, 3.63) is 35.9 Å². The van der Waals surface area contributed by atoms with Crippen molar-refractivity contribution in [2.24, 2.45) is 5.92 Å². The summed E-state index contributed by atoms with van der Waals surface area (Å²) in [7, 11) is 0. The third-order valence-electron chi connectivity index (χ3n) is 4.77. The highest BCUT2D eigenvalue weighted by Crippen LogP contribution is 2.08. The first-order valence-corrected chi connectivity index (χ1v) is 10.2. The number of benzene rings is 1. The van der Waals surface area contributed by atoms with Crippen LogP contribution in [-0.2, 0) is 20.9 Å². The maximum Gasteiger partial charge on any atom is 0.407 e. The molecule has 0 aromatic heterocycles. The zero-order valence-electron chi connectivity index (χ0n) is 17.8. The Morgan fingerprint density at radius 1 is 1.00 bits per heavy atom. The first kappa shape index (κ1) is 25.7. The van der Waals surface area contributed by atoms with E-state index >= 15 is 0 Å². The monoisotopic (exact) mass is 437 g/mol. The van der Waals surface area contributed by atoms with Gasteiger partial charge in [-0.25, -0.2) is 19.2 Å². The summed E-state index contributed by atoms with van der Waals surface area (Å²) < 4.78 is 5.07. The van der Waals surface area contributed by atoms with Crippen molar-refractivity contribution < 1.29 is 34.1 Å². The van der Waals surface area contributed by atoms with Gasteiger partial charge in [-0.05, 0) is 30.7 Å². The van der Waals surface area contributed by atoms with Gasteiger partial charge in [-0.2, -0.15) is 0 Å². The Morgan fingerprint density at radius 3 is 2.26 bits per heavy atom. The molecule has 0 spiro atoms. The number of urea groups is 1. The van der Waals surface area contributed by atoms with Crippen LogP contribution in [0.1, 0.15) is 45.1 Å². The SMILES string of the molecule is CC[C@@H](C)[C@H](NC(=O)N[C@@H](CCCCNC(=O)OCc1ccccc1)C(=O)O)C(=O)O. The molecule has 0 heterocycles. The molecule has 172 valence electrons. The largest absolute Gasteiger partial charge is 0.480 e. The molecule has 5 N–H and O–H groups in total. The minimum atomic E-state index is -1.22. The molecule has 0 radical (unpaired) electrons. The van der Waals surface area contributed by atoms with Crippen molar-refractivity contribution in [2.45, 2.75) is 58.2 Å². The molecule has 10 heteroatoms. The zero-order chi connectivity index (χ0) is 23.2. The number of alkyl carbamates (subject to hydrolysis) is 1. The Kier molecular flexibility index (Phi) is 11.5. The molecule has 10 nitrogen and oxygen atoms in total. The van der Waals surface area contributed by atoms with Crippen molar-refractivity contribution in [2.75, 3.05) is 6.54 Å². The number of hydrogen-bond donors (Lipinski definition) is 5. The van der Waals surface area contributed by atoms with Crippen LogP contribution in [0.25, 0.3) is 0 Å². The Bertz CT molecular complexity index is 727. The second kappa shape index (κ2) is 13.8. The van der Waals surface area contributed by atoms with E-state index in [0.29, 0.717) is 25.8 Å². The molecule has 0 fully saturated rings. The van der Waals surface area contributed by atoms with E-state index in [1.165, 1.54) is 0 Å². The fourth-order valence-electron chi connectivity index (χ4n) is 2.72. The molecule has 0 aliphatic heterocycles. The van der Waals surface area contributed by atoms with E-state index in [4.69, 9.17) is 4.74 Å². The lowest BCUT2D eigenvalue weighted by molar-refractivity contribution is -0.140. The average molecular weight is 437 g/mol. The summed E-state index contributed by atoms with van der Waals surface area (Å²) in [6.45, 7) is 3.93. The van der Waals surface area contributed by atoms with E-state index in [1.54, 1.807) is 13.8 Å². The van der Waals surface area contributed by atoms with Gasteiger partial charge in [0.15, 0.2) is 0 Å². The number of nitrogens with one attached hydrogen (secondary N) is 3. The number of carboxylic acids is 2. The molecular weight excluding hydrogens is 406 g/mol. The minimum absolute atomic E-state index is 0.130. The predicted molar refractivity (Wildman–Crippen MR) is 112 cm³/mol. The minimum Gasteiger partial charge on any atom is -0.480 e. The van der Waals surface area contributed by atoms with Gasteiger partial charge in [0, 0.05) is 6.54 Å². The number of rotatable bonds is 13. The van der Waals surface area contributed by atoms with Crippen molar-refractivity contribution in [3.8, 4) is 0 Å². The molecule has 0 saturated carbocycles. The van der Waals surface area contributed by atoms with Crippen LogP contribution in [0.15, 0.2) is 30.3 Å². The summed E-state index contributed by atoms with van der Waals surface area (Å²) in [5.74, 6) is -2.71. The summed E-state index contributed by atoms with van der Waals surface area (Å²) >= 11 is 0. The number of amides is 3. The summed E-state index contributed by atoms with van der Waals surface area (Å²) in [6.07, 6.45) is 1.01. The second-order valence-electron chi connectivity index (χ2n) is 7.19. The number of carboxylic acid groups (broad SMARTS) is 2. The molecule has 0 aliphatic rings. The molecule has 1 aromatic rings. The van der Waals surface area contributed by atoms with Gasteiger partial charge in [0.2, 0.25) is 0 Å². The standard InChI is InChI=1S/C21H31N3O7/c1-3-14(2)17(19(27)28)24-20(29)23-16(18(25)26)11-7-8-12-22-21(30)31-13-15-9-5-4-6-10-15/h4-6,9-10,14,16-17H,3,7-8,11-13H2,1-2H3,(H,22,30)(H,25,26)(H,27,28)(H2,23,24,29)/t14-,16+,17+/m1/s1. The van der Waals surface area contributed by atoms with Crippen molar-refractivity contribution in [1.82, 2.24) is 16.0 Å². The quantitative estimate of drug-likeness (QED) is 0.297. The van der Waals surface area contributed by atoms with Crippen molar-refractivity contribution in [1.29, 1.82) is 0 Å². The number of carbonyl (C=O) groups excluding carboxylic acids is 2. The van der Waals surface area contributed by atoms with Crippen LogP contribution in [0.4, 0.5) is 9.59 Å². The van der Waals surface area contributed by atoms with Crippen LogP contribution in [0.2, 0.25) is 0 Å². The summed E-state index contributed by atoms with van der Waals surface area (Å²) in [6, 6.07) is 6.10. The van der Waals surface area contributed by atoms with Crippen LogP contribution in [0, 0.1) is 5.92 Å². The Balaban J connectivity index is 2.32. The third-order valence-corrected chi connectivity index (χ3v) is 4.77. The molecule has 1 aromatic carbocycles. The van der Waals surface area contributed by atoms with Crippen LogP contribution in [0.5, 0.6) is 0 Å². The Morgan fingerprint density at radius 2 is 1.68 bits per heavy atom. The summed E-state index contributed by atoms with van der Waals surface area (Å²) in [4.78, 5) is 46.4. The summed E-state index contributed by atoms with van der Waals surface area (Å²) in [5, 5.41) is 25.7. The molecule has 3 amide bonds. The van der Waals surface area contributed by atoms with Gasteiger partial charge in [-0.15, -0.1) is 0 Å². The topological polar surface area (TPSA) is 154 Å². The maximum absolute atomic E-state index is 12.0. The van der Waals surface area contributed by atoms with E-state index in [0.717, 1.165) is 5.56 Å². The van der Waals surface area contributed by atoms with Crippen LogP contribution >= 0.6 is 0 Å². The first-order valence-electron chi connectivity index (χ1n) is 10.2. The Labute approximate surface area is 181 Å². The zero-order valence-corrected chi connectivity index (χ0v) is 17.8. The smallest absolute Gasteiger partial charge is 0.407 e. The molecule has 0 aliphatic carbocycles. The lowest BCUT2D eigenvalue weighted by Gasteiger charge is -2.22. The lowest BCUT2D eigenvalue weighted by atomic mass is 9.99. The average Bonchev–Trinajstić information content (AvgIpc) is 2.74. The molecule has 0 unspecified atom stereocenters. The third kappa shape index (κ3) is 10.3. The number of hydrogen-bond acceptors (Lipinski definition) is 5. The van der Waals surface area contributed by atoms with Gasteiger partial charge in [-0.1, -0.05) is 50.6 Å². The van der Waals surface area contributed by atoms with Gasteiger partial charge in [-0.3, -0.25) is 0 Å². The van der Waals surface area contributed by atoms with Gasteiger partial charge >= 0.3 is 24.1 Å². The molecule has 0 bridgehead atoms. The number of aliphatic carboxylic acids is 2. The number of carbonyl (C=O) groups is 4. The van der Waals surface area contributed by atoms with Gasteiger partial charge in [0.1, 0.15) is 18.7 Å². The van der Waals surface area contributed by atoms with E-state index < -0.39 is 36.1 Å². The summed E-state index contributed by atoms with van der Waals surface area (Å²) in [5.41, 5.74) is 0.866. The number of unbranched alkanes of at least 4 members (excludes halogenated alkanes) is 1. The van der Waals surface area contributed by atoms with Crippen LogP contribution in [0.3, 0.4) is 0 Å². The molecule has 3 atom stereocenters. The maximum atomic E-state index is 12.0.